The van der Waals surface area contributed by atoms with Crippen LogP contribution in [0.4, 0.5) is 0 Å². The monoisotopic (exact) mass is 240 g/mol. The number of hydrogen-bond donors (Lipinski definition) is 0. The normalized spacial score (nSPS) is 13.1. The molecule has 0 amide bonds. The van der Waals surface area contributed by atoms with E-state index in [2.05, 4.69) is 19.9 Å². The van der Waals surface area contributed by atoms with Crippen molar-refractivity contribution in [2.75, 3.05) is 0 Å². The minimum atomic E-state index is -0.0904. The lowest BCUT2D eigenvalue weighted by Gasteiger charge is -2.05. The van der Waals surface area contributed by atoms with E-state index < -0.39 is 0 Å². The lowest BCUT2D eigenvalue weighted by Crippen LogP contribution is -1.90. The first-order valence-corrected chi connectivity index (χ1v) is 6.09. The van der Waals surface area contributed by atoms with Crippen LogP contribution < -0.4 is 0 Å². The quantitative estimate of drug-likeness (QED) is 0.700. The Kier molecular flexibility index (Phi) is 2.89. The molecule has 2 rings (SSSR count). The highest BCUT2D eigenvalue weighted by Gasteiger charge is 2.16. The summed E-state index contributed by atoms with van der Waals surface area (Å²) in [5.74, 6) is 0.903. The van der Waals surface area contributed by atoms with Gasteiger partial charge in [-0.25, -0.2) is 0 Å². The van der Waals surface area contributed by atoms with Gasteiger partial charge in [0.1, 0.15) is 5.76 Å². The summed E-state index contributed by atoms with van der Waals surface area (Å²) >= 11 is 8.19. The van der Waals surface area contributed by atoms with Gasteiger partial charge in [0, 0.05) is 15.3 Å². The average molecular weight is 241 g/mol. The van der Waals surface area contributed by atoms with Crippen LogP contribution in [0.5, 0.6) is 0 Å². The molecule has 0 saturated heterocycles. The van der Waals surface area contributed by atoms with Gasteiger partial charge in [0.15, 0.2) is 0 Å². The maximum atomic E-state index is 6.41. The molecule has 15 heavy (non-hydrogen) atoms. The maximum absolute atomic E-state index is 6.41. The Hall–Kier alpha value is -0.730. The molecule has 0 fully saturated rings. The second kappa shape index (κ2) is 4.03. The third-order valence-electron chi connectivity index (χ3n) is 2.40. The Balaban J connectivity index is 2.35. The highest BCUT2D eigenvalue weighted by Crippen LogP contribution is 2.35. The molecule has 0 spiro atoms. The fraction of sp³-hybridized carbons (Fsp3) is 0.333. The second-order valence-corrected chi connectivity index (χ2v) is 5.62. The van der Waals surface area contributed by atoms with E-state index in [4.69, 9.17) is 16.0 Å². The molecule has 0 radical (unpaired) electrons. The zero-order valence-electron chi connectivity index (χ0n) is 9.00. The number of rotatable bonds is 2. The molecule has 80 valence electrons. The summed E-state index contributed by atoms with van der Waals surface area (Å²) in [5, 5.41) is -0.0904. The molecule has 0 aliphatic rings. The molecular weight excluding hydrogens is 228 g/mol. The number of halogens is 1. The van der Waals surface area contributed by atoms with Gasteiger partial charge in [0.05, 0.1) is 11.6 Å². The van der Waals surface area contributed by atoms with Crippen molar-refractivity contribution in [3.8, 4) is 0 Å². The SMILES string of the molecule is Cc1cc(C(Cl)c2cc(C)sc2C)co1. The summed E-state index contributed by atoms with van der Waals surface area (Å²) in [4.78, 5) is 2.58. The topological polar surface area (TPSA) is 13.1 Å². The van der Waals surface area contributed by atoms with Crippen molar-refractivity contribution in [3.05, 3.63) is 45.0 Å². The fourth-order valence-electron chi connectivity index (χ4n) is 1.68. The first-order valence-electron chi connectivity index (χ1n) is 4.84. The lowest BCUT2D eigenvalue weighted by molar-refractivity contribution is 0.532. The summed E-state index contributed by atoms with van der Waals surface area (Å²) in [7, 11) is 0. The second-order valence-electron chi connectivity index (χ2n) is 3.72. The van der Waals surface area contributed by atoms with Gasteiger partial charge < -0.3 is 4.42 Å². The summed E-state index contributed by atoms with van der Waals surface area (Å²) in [6.45, 7) is 6.14. The van der Waals surface area contributed by atoms with E-state index in [1.54, 1.807) is 17.6 Å². The van der Waals surface area contributed by atoms with E-state index in [0.717, 1.165) is 11.3 Å². The van der Waals surface area contributed by atoms with Crippen LogP contribution >= 0.6 is 22.9 Å². The van der Waals surface area contributed by atoms with Crippen molar-refractivity contribution in [2.24, 2.45) is 0 Å². The fourth-order valence-corrected chi connectivity index (χ4v) is 3.05. The van der Waals surface area contributed by atoms with Crippen molar-refractivity contribution in [3.63, 3.8) is 0 Å². The molecule has 0 aliphatic heterocycles. The van der Waals surface area contributed by atoms with Gasteiger partial charge in [0.25, 0.3) is 0 Å². The van der Waals surface area contributed by atoms with Gasteiger partial charge in [-0.3, -0.25) is 0 Å². The molecule has 0 aromatic carbocycles. The number of aryl methyl sites for hydroxylation is 3. The first kappa shape index (κ1) is 10.8. The molecule has 1 unspecified atom stereocenters. The van der Waals surface area contributed by atoms with Crippen molar-refractivity contribution in [1.29, 1.82) is 0 Å². The van der Waals surface area contributed by atoms with E-state index in [-0.39, 0.29) is 5.38 Å². The van der Waals surface area contributed by atoms with Crippen LogP contribution in [0.2, 0.25) is 0 Å². The Morgan fingerprint density at radius 1 is 1.27 bits per heavy atom. The first-order chi connectivity index (χ1) is 7.08. The van der Waals surface area contributed by atoms with Gasteiger partial charge in [-0.15, -0.1) is 22.9 Å². The third-order valence-corrected chi connectivity index (χ3v) is 3.86. The van der Waals surface area contributed by atoms with E-state index in [9.17, 15) is 0 Å². The zero-order chi connectivity index (χ0) is 11.0. The predicted molar refractivity (Wildman–Crippen MR) is 64.9 cm³/mol. The van der Waals surface area contributed by atoms with Crippen LogP contribution in [0.1, 0.15) is 32.0 Å². The molecule has 3 heteroatoms. The number of hydrogen-bond acceptors (Lipinski definition) is 2. The lowest BCUT2D eigenvalue weighted by atomic mass is 10.1. The molecule has 1 atom stereocenters. The summed E-state index contributed by atoms with van der Waals surface area (Å²) in [5.41, 5.74) is 2.23. The molecule has 2 aromatic heterocycles. The molecule has 0 aliphatic carbocycles. The van der Waals surface area contributed by atoms with E-state index in [0.29, 0.717) is 0 Å². The Morgan fingerprint density at radius 3 is 2.47 bits per heavy atom. The van der Waals surface area contributed by atoms with Crippen LogP contribution in [0, 0.1) is 20.8 Å². The van der Waals surface area contributed by atoms with Gasteiger partial charge >= 0.3 is 0 Å². The Morgan fingerprint density at radius 2 is 2.00 bits per heavy atom. The number of alkyl halides is 1. The largest absolute Gasteiger partial charge is 0.469 e. The molecular formula is C12H13ClOS. The van der Waals surface area contributed by atoms with Gasteiger partial charge in [-0.1, -0.05) is 0 Å². The zero-order valence-corrected chi connectivity index (χ0v) is 10.6. The van der Waals surface area contributed by atoms with Gasteiger partial charge in [0.2, 0.25) is 0 Å². The van der Waals surface area contributed by atoms with E-state index >= 15 is 0 Å². The standard InChI is InChI=1S/C12H13ClOS/c1-7-4-10(6-14-7)12(13)11-5-8(2)15-9(11)3/h4-6,12H,1-3H3. The molecule has 0 N–H and O–H groups in total. The maximum Gasteiger partial charge on any atom is 0.101 e. The minimum absolute atomic E-state index is 0.0904. The molecule has 2 heterocycles. The number of furan rings is 1. The van der Waals surface area contributed by atoms with Gasteiger partial charge in [-0.2, -0.15) is 0 Å². The Labute approximate surface area is 98.7 Å². The summed E-state index contributed by atoms with van der Waals surface area (Å²) in [6, 6.07) is 4.14. The summed E-state index contributed by atoms with van der Waals surface area (Å²) in [6.07, 6.45) is 1.74. The van der Waals surface area contributed by atoms with Crippen LogP contribution in [-0.2, 0) is 0 Å². The van der Waals surface area contributed by atoms with E-state index in [1.807, 2.05) is 13.0 Å². The smallest absolute Gasteiger partial charge is 0.101 e. The van der Waals surface area contributed by atoms with Crippen molar-refractivity contribution in [1.82, 2.24) is 0 Å². The molecule has 2 aromatic rings. The minimum Gasteiger partial charge on any atom is -0.469 e. The molecule has 1 nitrogen and oxygen atoms in total. The van der Waals surface area contributed by atoms with Crippen LogP contribution in [0.15, 0.2) is 22.8 Å². The van der Waals surface area contributed by atoms with Crippen molar-refractivity contribution < 1.29 is 4.42 Å². The van der Waals surface area contributed by atoms with Gasteiger partial charge in [-0.05, 0) is 38.5 Å². The van der Waals surface area contributed by atoms with Crippen molar-refractivity contribution in [2.45, 2.75) is 26.1 Å². The third kappa shape index (κ3) is 2.11. The summed E-state index contributed by atoms with van der Waals surface area (Å²) < 4.78 is 5.27. The molecule has 0 bridgehead atoms. The van der Waals surface area contributed by atoms with Crippen LogP contribution in [-0.4, -0.2) is 0 Å². The highest BCUT2D eigenvalue weighted by molar-refractivity contribution is 7.12. The number of thiophene rings is 1. The molecule has 0 saturated carbocycles. The van der Waals surface area contributed by atoms with Crippen LogP contribution in [0.3, 0.4) is 0 Å². The predicted octanol–water partition coefficient (Wildman–Crippen LogP) is 4.59. The highest BCUT2D eigenvalue weighted by atomic mass is 35.5. The Bertz CT molecular complexity index is 470. The van der Waals surface area contributed by atoms with Crippen molar-refractivity contribution >= 4 is 22.9 Å². The average Bonchev–Trinajstić information content (AvgIpc) is 2.71. The van der Waals surface area contributed by atoms with E-state index in [1.165, 1.54) is 15.3 Å². The van der Waals surface area contributed by atoms with Crippen LogP contribution in [0.25, 0.3) is 0 Å².